The van der Waals surface area contributed by atoms with Crippen molar-refractivity contribution < 1.29 is 23.0 Å². The lowest BCUT2D eigenvalue weighted by molar-refractivity contribution is 0.00578. The molecule has 2 heterocycles. The van der Waals surface area contributed by atoms with Crippen LogP contribution in [0.15, 0.2) is 16.7 Å². The molecule has 9 heteroatoms. The van der Waals surface area contributed by atoms with E-state index >= 15 is 4.39 Å². The minimum absolute atomic E-state index is 0.0521. The Kier molecular flexibility index (Phi) is 5.82. The van der Waals surface area contributed by atoms with Gasteiger partial charge in [-0.15, -0.1) is 0 Å². The van der Waals surface area contributed by atoms with Crippen molar-refractivity contribution in [2.75, 3.05) is 0 Å². The van der Waals surface area contributed by atoms with Gasteiger partial charge in [0.2, 0.25) is 5.89 Å². The molecule has 1 atom stereocenters. The van der Waals surface area contributed by atoms with Crippen LogP contribution in [0.25, 0.3) is 0 Å². The van der Waals surface area contributed by atoms with E-state index in [4.69, 9.17) is 13.8 Å². The molecule has 0 bridgehead atoms. The van der Waals surface area contributed by atoms with Crippen LogP contribution in [0.3, 0.4) is 0 Å². The lowest BCUT2D eigenvalue weighted by Gasteiger charge is -2.32. The highest BCUT2D eigenvalue weighted by atomic mass is 19.1. The topological polar surface area (TPSA) is 86.5 Å². The van der Waals surface area contributed by atoms with Gasteiger partial charge < -0.3 is 19.1 Å². The van der Waals surface area contributed by atoms with Crippen LogP contribution < -0.4 is 10.8 Å². The molecule has 1 amide bonds. The molecule has 0 unspecified atom stereocenters. The summed E-state index contributed by atoms with van der Waals surface area (Å²) in [5.74, 6) is -0.573. The van der Waals surface area contributed by atoms with E-state index in [0.29, 0.717) is 22.5 Å². The van der Waals surface area contributed by atoms with Crippen LogP contribution in [0.4, 0.5) is 4.39 Å². The minimum atomic E-state index is -0.794. The molecule has 1 aliphatic heterocycles. The monoisotopic (exact) mass is 431 g/mol. The summed E-state index contributed by atoms with van der Waals surface area (Å²) in [6.07, 6.45) is 0. The fraction of sp³-hybridized carbons (Fsp3) is 0.591. The van der Waals surface area contributed by atoms with Gasteiger partial charge in [-0.1, -0.05) is 38.1 Å². The van der Waals surface area contributed by atoms with Gasteiger partial charge in [0, 0.05) is 10.9 Å². The fourth-order valence-corrected chi connectivity index (χ4v) is 3.30. The van der Waals surface area contributed by atoms with E-state index in [-0.39, 0.29) is 11.2 Å². The highest BCUT2D eigenvalue weighted by Crippen LogP contribution is 2.37. The Morgan fingerprint density at radius 2 is 1.74 bits per heavy atom. The van der Waals surface area contributed by atoms with Crippen molar-refractivity contribution in [2.45, 2.75) is 85.0 Å². The summed E-state index contributed by atoms with van der Waals surface area (Å²) in [5.41, 5.74) is -0.0797. The first-order chi connectivity index (χ1) is 14.1. The second-order valence-corrected chi connectivity index (χ2v) is 10.1. The quantitative estimate of drug-likeness (QED) is 0.745. The number of aromatic nitrogens is 2. The number of carbonyl (C=O) groups is 1. The Bertz CT molecular complexity index is 981. The molecule has 31 heavy (non-hydrogen) atoms. The van der Waals surface area contributed by atoms with Crippen LogP contribution in [-0.2, 0) is 14.7 Å². The van der Waals surface area contributed by atoms with Crippen LogP contribution >= 0.6 is 0 Å². The van der Waals surface area contributed by atoms with Crippen LogP contribution in [0.1, 0.15) is 89.1 Å². The molecular formula is C22H31BFN3O4. The molecule has 1 aromatic carbocycles. The Labute approximate surface area is 183 Å². The lowest BCUT2D eigenvalue weighted by Crippen LogP contribution is -2.41. The molecule has 1 aromatic heterocycles. The maximum atomic E-state index is 15.3. The lowest BCUT2D eigenvalue weighted by atomic mass is 9.76. The van der Waals surface area contributed by atoms with Gasteiger partial charge in [0.15, 0.2) is 0 Å². The molecule has 0 spiro atoms. The molecule has 2 aromatic rings. The van der Waals surface area contributed by atoms with Crippen molar-refractivity contribution in [3.8, 4) is 0 Å². The highest BCUT2D eigenvalue weighted by Gasteiger charge is 2.52. The van der Waals surface area contributed by atoms with Gasteiger partial charge >= 0.3 is 7.12 Å². The average molecular weight is 431 g/mol. The number of halogens is 1. The maximum Gasteiger partial charge on any atom is 0.497 e. The van der Waals surface area contributed by atoms with Gasteiger partial charge in [0.25, 0.3) is 11.7 Å². The van der Waals surface area contributed by atoms with E-state index in [1.807, 2.05) is 48.5 Å². The van der Waals surface area contributed by atoms with E-state index in [0.717, 1.165) is 0 Å². The van der Waals surface area contributed by atoms with Gasteiger partial charge in [-0.05, 0) is 52.7 Å². The predicted octanol–water partition coefficient (Wildman–Crippen LogP) is 3.60. The van der Waals surface area contributed by atoms with Crippen LogP contribution in [-0.4, -0.2) is 34.4 Å². The zero-order chi connectivity index (χ0) is 23.4. The van der Waals surface area contributed by atoms with E-state index in [2.05, 4.69) is 15.5 Å². The van der Waals surface area contributed by atoms with E-state index in [1.165, 1.54) is 0 Å². The Balaban J connectivity index is 1.79. The first-order valence-corrected chi connectivity index (χ1v) is 10.4. The van der Waals surface area contributed by atoms with E-state index in [9.17, 15) is 4.79 Å². The smallest absolute Gasteiger partial charge is 0.399 e. The molecule has 0 saturated carbocycles. The van der Waals surface area contributed by atoms with E-state index < -0.39 is 36.1 Å². The number of hydrogen-bond acceptors (Lipinski definition) is 6. The number of benzene rings is 1. The summed E-state index contributed by atoms with van der Waals surface area (Å²) in [6.45, 7) is 16.9. The third-order valence-electron chi connectivity index (χ3n) is 6.05. The van der Waals surface area contributed by atoms with Crippen LogP contribution in [0, 0.1) is 12.7 Å². The molecule has 3 rings (SSSR count). The van der Waals surface area contributed by atoms with Crippen molar-refractivity contribution in [1.82, 2.24) is 15.5 Å². The molecule has 7 nitrogen and oxygen atoms in total. The van der Waals surface area contributed by atoms with Crippen molar-refractivity contribution in [3.63, 3.8) is 0 Å². The average Bonchev–Trinajstić information content (AvgIpc) is 3.20. The molecule has 0 aliphatic carbocycles. The standard InChI is InChI=1S/C22H31BFN3O4/c1-12-14(13(2)25-18(28)17-26-19(29-27-17)20(3,4)5)10-11-15(16(12)24)23-30-21(6,7)22(8,9)31-23/h10-11,13H,1-9H3,(H,25,28)/t13-/m1/s1. The first-order valence-electron chi connectivity index (χ1n) is 10.4. The minimum Gasteiger partial charge on any atom is -0.399 e. The summed E-state index contributed by atoms with van der Waals surface area (Å²) in [5, 5.41) is 6.56. The molecule has 0 radical (unpaired) electrons. The van der Waals surface area contributed by atoms with Crippen molar-refractivity contribution in [3.05, 3.63) is 40.8 Å². The van der Waals surface area contributed by atoms with Gasteiger partial charge in [0.1, 0.15) is 5.82 Å². The van der Waals surface area contributed by atoms with Crippen molar-refractivity contribution in [2.24, 2.45) is 0 Å². The first kappa shape index (κ1) is 23.4. The highest BCUT2D eigenvalue weighted by molar-refractivity contribution is 6.62. The molecule has 1 aliphatic rings. The zero-order valence-electron chi connectivity index (χ0n) is 19.7. The summed E-state index contributed by atoms with van der Waals surface area (Å²) in [6, 6.07) is 2.96. The Morgan fingerprint density at radius 3 is 2.26 bits per heavy atom. The van der Waals surface area contributed by atoms with E-state index in [1.54, 1.807) is 26.0 Å². The second-order valence-electron chi connectivity index (χ2n) is 10.1. The molecule has 1 saturated heterocycles. The maximum absolute atomic E-state index is 15.3. The summed E-state index contributed by atoms with van der Waals surface area (Å²) in [4.78, 5) is 16.7. The molecule has 1 N–H and O–H groups in total. The fourth-order valence-electron chi connectivity index (χ4n) is 3.30. The van der Waals surface area contributed by atoms with Gasteiger partial charge in [-0.3, -0.25) is 4.79 Å². The molecular weight excluding hydrogens is 400 g/mol. The number of carbonyl (C=O) groups excluding carboxylic acids is 1. The predicted molar refractivity (Wildman–Crippen MR) is 116 cm³/mol. The summed E-state index contributed by atoms with van der Waals surface area (Å²) >= 11 is 0. The van der Waals surface area contributed by atoms with Crippen molar-refractivity contribution in [1.29, 1.82) is 0 Å². The number of hydrogen-bond donors (Lipinski definition) is 1. The summed E-state index contributed by atoms with van der Waals surface area (Å²) < 4.78 is 32.4. The second kappa shape index (κ2) is 7.71. The van der Waals surface area contributed by atoms with Gasteiger partial charge in [-0.25, -0.2) is 4.39 Å². The van der Waals surface area contributed by atoms with Crippen molar-refractivity contribution >= 4 is 18.5 Å². The third kappa shape index (κ3) is 4.39. The number of amides is 1. The third-order valence-corrected chi connectivity index (χ3v) is 6.05. The zero-order valence-corrected chi connectivity index (χ0v) is 19.7. The van der Waals surface area contributed by atoms with Gasteiger partial charge in [-0.2, -0.15) is 4.98 Å². The summed E-state index contributed by atoms with van der Waals surface area (Å²) in [7, 11) is -0.794. The molecule has 1 fully saturated rings. The van der Waals surface area contributed by atoms with Crippen LogP contribution in [0.5, 0.6) is 0 Å². The molecule has 168 valence electrons. The Morgan fingerprint density at radius 1 is 1.16 bits per heavy atom. The number of rotatable bonds is 4. The largest absolute Gasteiger partial charge is 0.497 e. The van der Waals surface area contributed by atoms with Gasteiger partial charge in [0.05, 0.1) is 17.2 Å². The normalized spacial score (nSPS) is 18.8. The SMILES string of the molecule is Cc1c([C@@H](C)NC(=O)c2noc(C(C)(C)C)n2)ccc(B2OC(C)(C)C(C)(C)O2)c1F. The van der Waals surface area contributed by atoms with Crippen LogP contribution in [0.2, 0.25) is 0 Å². The Hall–Kier alpha value is -2.26. The number of nitrogens with one attached hydrogen (secondary N) is 1. The number of nitrogens with zero attached hydrogens (tertiary/aromatic N) is 2.